The molecule has 2 atom stereocenters. The Morgan fingerprint density at radius 3 is 2.67 bits per heavy atom. The molecule has 0 amide bonds. The SMILES string of the molecule is C=CCCC(CC)NC(CCO)C1CC1. The van der Waals surface area contributed by atoms with Crippen molar-refractivity contribution in [1.82, 2.24) is 5.32 Å². The minimum atomic E-state index is 0.312. The van der Waals surface area contributed by atoms with Gasteiger partial charge in [-0.3, -0.25) is 0 Å². The second kappa shape index (κ2) is 7.02. The van der Waals surface area contributed by atoms with E-state index in [-0.39, 0.29) is 0 Å². The fraction of sp³-hybridized carbons (Fsp3) is 0.846. The molecule has 0 spiro atoms. The highest BCUT2D eigenvalue weighted by molar-refractivity contribution is 4.88. The van der Waals surface area contributed by atoms with Gasteiger partial charge in [-0.15, -0.1) is 6.58 Å². The number of aliphatic hydroxyl groups is 1. The quantitative estimate of drug-likeness (QED) is 0.574. The third kappa shape index (κ3) is 4.80. The predicted molar refractivity (Wildman–Crippen MR) is 64.9 cm³/mol. The maximum absolute atomic E-state index is 9.02. The van der Waals surface area contributed by atoms with Crippen molar-refractivity contribution in [3.05, 3.63) is 12.7 Å². The fourth-order valence-corrected chi connectivity index (χ4v) is 2.12. The molecule has 2 unspecified atom stereocenters. The molecule has 0 heterocycles. The summed E-state index contributed by atoms with van der Waals surface area (Å²) in [6.45, 7) is 6.30. The van der Waals surface area contributed by atoms with Crippen molar-refractivity contribution in [1.29, 1.82) is 0 Å². The van der Waals surface area contributed by atoms with Crippen LogP contribution in [0.1, 0.15) is 45.4 Å². The molecule has 1 fully saturated rings. The third-order valence-electron chi connectivity index (χ3n) is 3.29. The monoisotopic (exact) mass is 211 g/mol. The van der Waals surface area contributed by atoms with E-state index in [4.69, 9.17) is 5.11 Å². The second-order valence-electron chi connectivity index (χ2n) is 4.59. The Bertz CT molecular complexity index is 177. The first-order valence-electron chi connectivity index (χ1n) is 6.29. The largest absolute Gasteiger partial charge is 0.396 e. The van der Waals surface area contributed by atoms with Crippen molar-refractivity contribution >= 4 is 0 Å². The molecule has 2 heteroatoms. The number of nitrogens with one attached hydrogen (secondary N) is 1. The number of rotatable bonds is 9. The van der Waals surface area contributed by atoms with Crippen molar-refractivity contribution in [2.24, 2.45) is 5.92 Å². The first kappa shape index (κ1) is 12.7. The zero-order chi connectivity index (χ0) is 11.1. The van der Waals surface area contributed by atoms with Crippen LogP contribution in [0.4, 0.5) is 0 Å². The predicted octanol–water partition coefficient (Wildman–Crippen LogP) is 2.48. The van der Waals surface area contributed by atoms with Crippen LogP contribution in [0.25, 0.3) is 0 Å². The van der Waals surface area contributed by atoms with Crippen molar-refractivity contribution in [3.8, 4) is 0 Å². The van der Waals surface area contributed by atoms with Gasteiger partial charge in [0.2, 0.25) is 0 Å². The maximum atomic E-state index is 9.02. The lowest BCUT2D eigenvalue weighted by molar-refractivity contribution is 0.245. The molecule has 1 rings (SSSR count). The molecular formula is C13H25NO. The van der Waals surface area contributed by atoms with Crippen LogP contribution in [0.5, 0.6) is 0 Å². The first-order valence-corrected chi connectivity index (χ1v) is 6.29. The van der Waals surface area contributed by atoms with Gasteiger partial charge in [0.15, 0.2) is 0 Å². The van der Waals surface area contributed by atoms with E-state index in [9.17, 15) is 0 Å². The van der Waals surface area contributed by atoms with Crippen LogP contribution in [0.15, 0.2) is 12.7 Å². The molecule has 0 aromatic heterocycles. The highest BCUT2D eigenvalue weighted by Gasteiger charge is 2.31. The summed E-state index contributed by atoms with van der Waals surface area (Å²) in [6, 6.07) is 1.14. The average Bonchev–Trinajstić information content (AvgIpc) is 3.06. The van der Waals surface area contributed by atoms with Crippen LogP contribution in [0, 0.1) is 5.92 Å². The second-order valence-corrected chi connectivity index (χ2v) is 4.59. The van der Waals surface area contributed by atoms with Crippen LogP contribution in [0.2, 0.25) is 0 Å². The van der Waals surface area contributed by atoms with Gasteiger partial charge in [-0.25, -0.2) is 0 Å². The van der Waals surface area contributed by atoms with Crippen LogP contribution in [-0.4, -0.2) is 23.8 Å². The average molecular weight is 211 g/mol. The molecule has 0 aromatic rings. The van der Waals surface area contributed by atoms with Crippen LogP contribution < -0.4 is 5.32 Å². The molecule has 1 aliphatic carbocycles. The first-order chi connectivity index (χ1) is 7.31. The lowest BCUT2D eigenvalue weighted by atomic mass is 10.0. The van der Waals surface area contributed by atoms with Gasteiger partial charge < -0.3 is 10.4 Å². The normalized spacial score (nSPS) is 19.9. The Balaban J connectivity index is 2.28. The maximum Gasteiger partial charge on any atom is 0.0445 e. The van der Waals surface area contributed by atoms with E-state index in [1.54, 1.807) is 0 Å². The highest BCUT2D eigenvalue weighted by atomic mass is 16.3. The van der Waals surface area contributed by atoms with Gasteiger partial charge in [-0.2, -0.15) is 0 Å². The Morgan fingerprint density at radius 2 is 2.20 bits per heavy atom. The van der Waals surface area contributed by atoms with Crippen LogP contribution >= 0.6 is 0 Å². The third-order valence-corrected chi connectivity index (χ3v) is 3.29. The Labute approximate surface area is 93.8 Å². The smallest absolute Gasteiger partial charge is 0.0445 e. The number of aliphatic hydroxyl groups excluding tert-OH is 1. The van der Waals surface area contributed by atoms with Crippen LogP contribution in [0.3, 0.4) is 0 Å². The van der Waals surface area contributed by atoms with Gasteiger partial charge in [-0.1, -0.05) is 13.0 Å². The van der Waals surface area contributed by atoms with Crippen LogP contribution in [-0.2, 0) is 0 Å². The van der Waals surface area contributed by atoms with Crippen molar-refractivity contribution in [3.63, 3.8) is 0 Å². The Hall–Kier alpha value is -0.340. The minimum Gasteiger partial charge on any atom is -0.396 e. The standard InChI is InChI=1S/C13H25NO/c1-3-5-6-12(4-2)14-13(9-10-15)11-7-8-11/h3,11-15H,1,4-10H2,2H3. The lowest BCUT2D eigenvalue weighted by Crippen LogP contribution is -2.40. The summed E-state index contributed by atoms with van der Waals surface area (Å²) in [5.74, 6) is 0.829. The van der Waals surface area contributed by atoms with Gasteiger partial charge in [-0.05, 0) is 44.4 Å². The van der Waals surface area contributed by atoms with Gasteiger partial charge in [0.1, 0.15) is 0 Å². The molecule has 0 aromatic carbocycles. The van der Waals surface area contributed by atoms with Gasteiger partial charge >= 0.3 is 0 Å². The molecule has 0 radical (unpaired) electrons. The molecular weight excluding hydrogens is 186 g/mol. The minimum absolute atomic E-state index is 0.312. The summed E-state index contributed by atoms with van der Waals surface area (Å²) in [6.07, 6.45) is 9.02. The molecule has 2 N–H and O–H groups in total. The van der Waals surface area contributed by atoms with E-state index >= 15 is 0 Å². The Kier molecular flexibility index (Phi) is 5.96. The van der Waals surface area contributed by atoms with Crippen molar-refractivity contribution in [2.45, 2.75) is 57.5 Å². The zero-order valence-electron chi connectivity index (χ0n) is 9.91. The van der Waals surface area contributed by atoms with Gasteiger partial charge in [0.25, 0.3) is 0 Å². The zero-order valence-corrected chi connectivity index (χ0v) is 9.91. The molecule has 0 aliphatic heterocycles. The number of hydrogen-bond acceptors (Lipinski definition) is 2. The summed E-state index contributed by atoms with van der Waals surface area (Å²) in [7, 11) is 0. The van der Waals surface area contributed by atoms with Crippen molar-refractivity contribution in [2.75, 3.05) is 6.61 Å². The molecule has 1 aliphatic rings. The topological polar surface area (TPSA) is 32.3 Å². The molecule has 88 valence electrons. The van der Waals surface area contributed by atoms with E-state index < -0.39 is 0 Å². The van der Waals surface area contributed by atoms with E-state index in [0.29, 0.717) is 18.7 Å². The Morgan fingerprint density at radius 1 is 1.47 bits per heavy atom. The summed E-state index contributed by atoms with van der Waals surface area (Å²) >= 11 is 0. The van der Waals surface area contributed by atoms with Gasteiger partial charge in [0, 0.05) is 18.7 Å². The summed E-state index contributed by atoms with van der Waals surface area (Å²) < 4.78 is 0. The molecule has 1 saturated carbocycles. The molecule has 2 nitrogen and oxygen atoms in total. The van der Waals surface area contributed by atoms with Gasteiger partial charge in [0.05, 0.1) is 0 Å². The lowest BCUT2D eigenvalue weighted by Gasteiger charge is -2.24. The summed E-state index contributed by atoms with van der Waals surface area (Å²) in [5, 5.41) is 12.7. The van der Waals surface area contributed by atoms with E-state index in [1.165, 1.54) is 25.7 Å². The molecule has 0 saturated heterocycles. The van der Waals surface area contributed by atoms with Crippen molar-refractivity contribution < 1.29 is 5.11 Å². The van der Waals surface area contributed by atoms with E-state index in [1.807, 2.05) is 6.08 Å². The number of allylic oxidation sites excluding steroid dienone is 1. The molecule has 0 bridgehead atoms. The molecule has 15 heavy (non-hydrogen) atoms. The van der Waals surface area contributed by atoms with E-state index in [0.717, 1.165) is 18.8 Å². The highest BCUT2D eigenvalue weighted by Crippen LogP contribution is 2.34. The fourth-order valence-electron chi connectivity index (χ4n) is 2.12. The summed E-state index contributed by atoms with van der Waals surface area (Å²) in [5.41, 5.74) is 0. The van der Waals surface area contributed by atoms with E-state index in [2.05, 4.69) is 18.8 Å². The number of hydrogen-bond donors (Lipinski definition) is 2. The summed E-state index contributed by atoms with van der Waals surface area (Å²) in [4.78, 5) is 0.